The molecule has 1 atom stereocenters. The number of aliphatic hydroxyl groups excluding tert-OH is 1. The predicted octanol–water partition coefficient (Wildman–Crippen LogP) is 2.30. The number of para-hydroxylation sites is 1. The number of ketones is 1. The maximum Gasteiger partial charge on any atom is 0.164 e. The molecule has 1 heterocycles. The van der Waals surface area contributed by atoms with Crippen LogP contribution in [0.15, 0.2) is 30.5 Å². The number of H-pyrrole nitrogens is 1. The van der Waals surface area contributed by atoms with Crippen LogP contribution in [0.5, 0.6) is 0 Å². The fraction of sp³-hybridized carbons (Fsp3) is 0.357. The zero-order chi connectivity index (χ0) is 12.4. The number of carbonyl (C=O) groups is 1. The van der Waals surface area contributed by atoms with E-state index >= 15 is 0 Å². The summed E-state index contributed by atoms with van der Waals surface area (Å²) in [6, 6.07) is 7.89. The van der Waals surface area contributed by atoms with Crippen LogP contribution in [-0.2, 0) is 11.2 Å². The Labute approximate surface area is 100 Å². The number of hydrogen-bond acceptors (Lipinski definition) is 2. The molecule has 0 aliphatic rings. The maximum atomic E-state index is 11.6. The van der Waals surface area contributed by atoms with Gasteiger partial charge in [-0.3, -0.25) is 4.79 Å². The summed E-state index contributed by atoms with van der Waals surface area (Å²) in [5.74, 6) is -0.231. The number of Topliss-reactive ketones (excluding diaryl/α,β-unsaturated/α-hetero) is 1. The molecule has 0 aliphatic heterocycles. The van der Waals surface area contributed by atoms with Gasteiger partial charge in [0.05, 0.1) is 0 Å². The van der Waals surface area contributed by atoms with Crippen molar-refractivity contribution in [3.63, 3.8) is 0 Å². The van der Waals surface area contributed by atoms with Crippen molar-refractivity contribution in [1.29, 1.82) is 0 Å². The third-order valence-corrected chi connectivity index (χ3v) is 2.99. The molecule has 17 heavy (non-hydrogen) atoms. The average molecular weight is 231 g/mol. The number of aliphatic hydroxyl groups is 1. The van der Waals surface area contributed by atoms with Crippen LogP contribution in [0.2, 0.25) is 0 Å². The van der Waals surface area contributed by atoms with Gasteiger partial charge in [0.15, 0.2) is 5.78 Å². The smallest absolute Gasteiger partial charge is 0.164 e. The fourth-order valence-corrected chi connectivity index (χ4v) is 1.99. The van der Waals surface area contributed by atoms with Gasteiger partial charge in [-0.1, -0.05) is 32.0 Å². The molecule has 2 N–H and O–H groups in total. The van der Waals surface area contributed by atoms with Gasteiger partial charge in [-0.25, -0.2) is 0 Å². The molecule has 3 nitrogen and oxygen atoms in total. The van der Waals surface area contributed by atoms with E-state index in [1.807, 2.05) is 30.5 Å². The number of aromatic amines is 1. The van der Waals surface area contributed by atoms with Crippen LogP contribution >= 0.6 is 0 Å². The van der Waals surface area contributed by atoms with E-state index in [2.05, 4.69) is 4.98 Å². The van der Waals surface area contributed by atoms with Gasteiger partial charge in [0.25, 0.3) is 0 Å². The summed E-state index contributed by atoms with van der Waals surface area (Å²) in [6.45, 7) is 3.61. The normalized spacial score (nSPS) is 13.2. The molecule has 0 amide bonds. The van der Waals surface area contributed by atoms with Gasteiger partial charge in [0, 0.05) is 29.4 Å². The lowest BCUT2D eigenvalue weighted by molar-refractivity contribution is -0.130. The molecule has 1 aromatic heterocycles. The molecule has 0 unspecified atom stereocenters. The van der Waals surface area contributed by atoms with Gasteiger partial charge in [0.1, 0.15) is 6.10 Å². The van der Waals surface area contributed by atoms with Crippen LogP contribution < -0.4 is 0 Å². The fourth-order valence-electron chi connectivity index (χ4n) is 1.99. The zero-order valence-corrected chi connectivity index (χ0v) is 10.1. The molecular formula is C14H17NO2. The summed E-state index contributed by atoms with van der Waals surface area (Å²) >= 11 is 0. The molecule has 1 aromatic carbocycles. The Kier molecular flexibility index (Phi) is 3.29. The summed E-state index contributed by atoms with van der Waals surface area (Å²) in [5, 5.41) is 10.9. The Bertz CT molecular complexity index is 528. The molecule has 0 bridgehead atoms. The number of carbonyl (C=O) groups excluding carboxylic acids is 1. The molecule has 2 rings (SSSR count). The number of rotatable bonds is 4. The first kappa shape index (κ1) is 11.9. The van der Waals surface area contributed by atoms with Crippen LogP contribution in [0.1, 0.15) is 19.4 Å². The van der Waals surface area contributed by atoms with Gasteiger partial charge >= 0.3 is 0 Å². The highest BCUT2D eigenvalue weighted by Gasteiger charge is 2.19. The van der Waals surface area contributed by atoms with Crippen LogP contribution in [0.25, 0.3) is 10.9 Å². The lowest BCUT2D eigenvalue weighted by atomic mass is 9.98. The number of fused-ring (bicyclic) bond motifs is 1. The molecule has 0 saturated carbocycles. The molecule has 0 aliphatic carbocycles. The Morgan fingerprint density at radius 2 is 2.06 bits per heavy atom. The van der Waals surface area contributed by atoms with Crippen molar-refractivity contribution >= 4 is 16.7 Å². The summed E-state index contributed by atoms with van der Waals surface area (Å²) < 4.78 is 0. The van der Waals surface area contributed by atoms with E-state index in [9.17, 15) is 9.90 Å². The number of nitrogens with one attached hydrogen (secondary N) is 1. The Balaban J connectivity index is 2.21. The molecule has 3 heteroatoms. The van der Waals surface area contributed by atoms with E-state index in [1.165, 1.54) is 0 Å². The van der Waals surface area contributed by atoms with Gasteiger partial charge < -0.3 is 10.1 Å². The lowest BCUT2D eigenvalue weighted by Crippen LogP contribution is -2.26. The average Bonchev–Trinajstić information content (AvgIpc) is 2.71. The number of aromatic nitrogens is 1. The van der Waals surface area contributed by atoms with Gasteiger partial charge in [0.2, 0.25) is 0 Å². The molecule has 0 saturated heterocycles. The first-order chi connectivity index (χ1) is 8.09. The van der Waals surface area contributed by atoms with Gasteiger partial charge in [-0.15, -0.1) is 0 Å². The van der Waals surface area contributed by atoms with Crippen LogP contribution in [0.3, 0.4) is 0 Å². The first-order valence-electron chi connectivity index (χ1n) is 5.86. The molecule has 0 fully saturated rings. The van der Waals surface area contributed by atoms with E-state index in [-0.39, 0.29) is 11.7 Å². The van der Waals surface area contributed by atoms with Gasteiger partial charge in [-0.2, -0.15) is 0 Å². The van der Waals surface area contributed by atoms with Crippen LogP contribution in [0, 0.1) is 5.92 Å². The van der Waals surface area contributed by atoms with Gasteiger partial charge in [-0.05, 0) is 11.6 Å². The third-order valence-electron chi connectivity index (χ3n) is 2.99. The minimum atomic E-state index is -0.908. The van der Waals surface area contributed by atoms with Crippen molar-refractivity contribution in [3.8, 4) is 0 Å². The second-order valence-electron chi connectivity index (χ2n) is 4.64. The highest BCUT2D eigenvalue weighted by Crippen LogP contribution is 2.19. The van der Waals surface area contributed by atoms with E-state index in [0.717, 1.165) is 16.5 Å². The highest BCUT2D eigenvalue weighted by atomic mass is 16.3. The van der Waals surface area contributed by atoms with E-state index in [4.69, 9.17) is 0 Å². The van der Waals surface area contributed by atoms with Crippen molar-refractivity contribution in [1.82, 2.24) is 4.98 Å². The summed E-state index contributed by atoms with van der Waals surface area (Å²) in [7, 11) is 0. The molecule has 90 valence electrons. The monoisotopic (exact) mass is 231 g/mol. The lowest BCUT2D eigenvalue weighted by Gasteiger charge is -2.11. The zero-order valence-electron chi connectivity index (χ0n) is 10.1. The maximum absolute atomic E-state index is 11.6. The predicted molar refractivity (Wildman–Crippen MR) is 67.9 cm³/mol. The minimum Gasteiger partial charge on any atom is -0.385 e. The quantitative estimate of drug-likeness (QED) is 0.848. The van der Waals surface area contributed by atoms with Crippen molar-refractivity contribution in [3.05, 3.63) is 36.0 Å². The SMILES string of the molecule is CC(C)C(=O)[C@@H](O)Cc1c[nH]c2ccccc12. The largest absolute Gasteiger partial charge is 0.385 e. The molecule has 0 spiro atoms. The Morgan fingerprint density at radius 1 is 1.35 bits per heavy atom. The third kappa shape index (κ3) is 2.39. The van der Waals surface area contributed by atoms with E-state index in [0.29, 0.717) is 6.42 Å². The summed E-state index contributed by atoms with van der Waals surface area (Å²) in [4.78, 5) is 14.8. The number of benzene rings is 1. The topological polar surface area (TPSA) is 53.1 Å². The van der Waals surface area contributed by atoms with Crippen molar-refractivity contribution < 1.29 is 9.90 Å². The standard InChI is InChI=1S/C14H17NO2/c1-9(2)14(17)13(16)7-10-8-15-12-6-4-3-5-11(10)12/h3-6,8-9,13,15-16H,7H2,1-2H3/t13-/m0/s1. The van der Waals surface area contributed by atoms with Crippen LogP contribution in [-0.4, -0.2) is 22.0 Å². The second-order valence-corrected chi connectivity index (χ2v) is 4.64. The molecule has 2 aromatic rings. The van der Waals surface area contributed by atoms with Crippen molar-refractivity contribution in [2.45, 2.75) is 26.4 Å². The highest BCUT2D eigenvalue weighted by molar-refractivity contribution is 5.87. The van der Waals surface area contributed by atoms with E-state index in [1.54, 1.807) is 13.8 Å². The Morgan fingerprint density at radius 3 is 2.76 bits per heavy atom. The Hall–Kier alpha value is -1.61. The molecular weight excluding hydrogens is 214 g/mol. The van der Waals surface area contributed by atoms with Crippen LogP contribution in [0.4, 0.5) is 0 Å². The summed E-state index contributed by atoms with van der Waals surface area (Å²) in [6.07, 6.45) is 1.33. The molecule has 0 radical (unpaired) electrons. The number of hydrogen-bond donors (Lipinski definition) is 2. The van der Waals surface area contributed by atoms with Crippen molar-refractivity contribution in [2.24, 2.45) is 5.92 Å². The van der Waals surface area contributed by atoms with E-state index < -0.39 is 6.10 Å². The summed E-state index contributed by atoms with van der Waals surface area (Å²) in [5.41, 5.74) is 2.02. The second kappa shape index (κ2) is 4.72. The van der Waals surface area contributed by atoms with Crippen molar-refractivity contribution in [2.75, 3.05) is 0 Å². The minimum absolute atomic E-state index is 0.102. The first-order valence-corrected chi connectivity index (χ1v) is 5.86.